The first kappa shape index (κ1) is 25.0. The number of methoxy groups -OCH3 is 1. The molecule has 0 aliphatic heterocycles. The van der Waals surface area contributed by atoms with Crippen molar-refractivity contribution in [3.8, 4) is 22.6 Å². The number of ether oxygens (including phenoxy) is 1. The van der Waals surface area contributed by atoms with E-state index in [0.29, 0.717) is 23.2 Å². The van der Waals surface area contributed by atoms with Gasteiger partial charge in [0.15, 0.2) is 4.77 Å². The second-order valence-electron chi connectivity index (χ2n) is 7.57. The minimum absolute atomic E-state index is 0. The van der Waals surface area contributed by atoms with E-state index in [1.54, 1.807) is 0 Å². The highest BCUT2D eigenvalue weighted by atomic mass is 35.5. The van der Waals surface area contributed by atoms with Crippen LogP contribution in [0.15, 0.2) is 85.1 Å². The summed E-state index contributed by atoms with van der Waals surface area (Å²) >= 11 is 5.89. The molecule has 0 saturated carbocycles. The number of nitrogens with two attached hydrogens (primary N) is 1. The Morgan fingerprint density at radius 3 is 2.21 bits per heavy atom. The van der Waals surface area contributed by atoms with Crippen LogP contribution in [0.3, 0.4) is 0 Å². The van der Waals surface area contributed by atoms with Gasteiger partial charge in [-0.25, -0.2) is 0 Å². The normalized spacial score (nSPS) is 10.4. The van der Waals surface area contributed by atoms with Crippen molar-refractivity contribution in [2.24, 2.45) is 5.73 Å². The first-order chi connectivity index (χ1) is 16.0. The van der Waals surface area contributed by atoms with Gasteiger partial charge in [-0.2, -0.15) is 0 Å². The Morgan fingerprint density at radius 1 is 0.971 bits per heavy atom. The van der Waals surface area contributed by atoms with E-state index in [4.69, 9.17) is 28.1 Å². The van der Waals surface area contributed by atoms with Gasteiger partial charge in [0.1, 0.15) is 5.84 Å². The highest BCUT2D eigenvalue weighted by molar-refractivity contribution is 7.71. The van der Waals surface area contributed by atoms with Crippen LogP contribution in [0.1, 0.15) is 17.5 Å². The maximum atomic E-state index is 11.4. The Balaban J connectivity index is 0.00000324. The molecule has 4 aromatic rings. The van der Waals surface area contributed by atoms with Crippen molar-refractivity contribution < 1.29 is 9.53 Å². The summed E-state index contributed by atoms with van der Waals surface area (Å²) in [4.78, 5) is 11.4. The van der Waals surface area contributed by atoms with Gasteiger partial charge < -0.3 is 10.5 Å². The summed E-state index contributed by atoms with van der Waals surface area (Å²) < 4.78 is 9.36. The Morgan fingerprint density at radius 2 is 1.62 bits per heavy atom. The lowest BCUT2D eigenvalue weighted by atomic mass is 10.1. The zero-order valence-electron chi connectivity index (χ0n) is 18.6. The molecule has 0 atom stereocenters. The Bertz CT molecular complexity index is 1340. The third-order valence-corrected chi connectivity index (χ3v) is 5.83. The van der Waals surface area contributed by atoms with E-state index >= 15 is 0 Å². The molecule has 0 unspecified atom stereocenters. The summed E-state index contributed by atoms with van der Waals surface area (Å²) in [6.07, 6.45) is 2.98. The average Bonchev–Trinajstić information content (AvgIpc) is 3.20. The van der Waals surface area contributed by atoms with Crippen molar-refractivity contribution in [1.29, 1.82) is 5.41 Å². The SMILES string of the molecule is COC(=O)CCc1ccc(-n2cc(-c3ccc(C(=N)N)cc3)n(-c3ccccc3)c2=S)cc1.Cl. The van der Waals surface area contributed by atoms with Gasteiger partial charge in [-0.1, -0.05) is 54.6 Å². The number of nitrogens with one attached hydrogen (secondary N) is 1. The number of benzene rings is 3. The van der Waals surface area contributed by atoms with E-state index in [1.807, 2.05) is 94.2 Å². The first-order valence-electron chi connectivity index (χ1n) is 10.5. The fraction of sp³-hybridized carbons (Fsp3) is 0.115. The van der Waals surface area contributed by atoms with E-state index in [-0.39, 0.29) is 24.2 Å². The van der Waals surface area contributed by atoms with Crippen molar-refractivity contribution >= 4 is 36.4 Å². The standard InChI is InChI=1S/C26H24N4O2S.ClH/c1-32-24(31)16-9-18-7-14-21(15-8-18)29-17-23(19-10-12-20(13-11-19)25(27)28)30(26(29)33)22-5-3-2-4-6-22;/h2-8,10-15,17H,9,16H2,1H3,(H3,27,28);1H. The number of aryl methyl sites for hydroxylation is 1. The highest BCUT2D eigenvalue weighted by Gasteiger charge is 2.14. The number of halogens is 1. The molecule has 0 amide bonds. The number of imidazole rings is 1. The molecule has 0 aliphatic rings. The summed E-state index contributed by atoms with van der Waals surface area (Å²) in [7, 11) is 1.40. The van der Waals surface area contributed by atoms with Gasteiger partial charge in [0.05, 0.1) is 12.8 Å². The number of carbonyl (C=O) groups excluding carboxylic acids is 1. The topological polar surface area (TPSA) is 86.0 Å². The maximum Gasteiger partial charge on any atom is 0.305 e. The number of aromatic nitrogens is 2. The highest BCUT2D eigenvalue weighted by Crippen LogP contribution is 2.27. The molecule has 1 aromatic heterocycles. The molecule has 0 radical (unpaired) electrons. The molecular formula is C26H25ClN4O2S. The molecule has 1 heterocycles. The largest absolute Gasteiger partial charge is 0.469 e. The van der Waals surface area contributed by atoms with Gasteiger partial charge in [-0.05, 0) is 48.5 Å². The van der Waals surface area contributed by atoms with Crippen molar-refractivity contribution in [2.75, 3.05) is 7.11 Å². The zero-order chi connectivity index (χ0) is 23.4. The molecular weight excluding hydrogens is 468 g/mol. The molecule has 0 saturated heterocycles. The second-order valence-corrected chi connectivity index (χ2v) is 7.94. The first-order valence-corrected chi connectivity index (χ1v) is 10.9. The number of nitrogens with zero attached hydrogens (tertiary/aromatic N) is 2. The minimum atomic E-state index is -0.221. The van der Waals surface area contributed by atoms with Crippen LogP contribution in [0.2, 0.25) is 0 Å². The Labute approximate surface area is 209 Å². The molecule has 0 aliphatic carbocycles. The maximum absolute atomic E-state index is 11.4. The average molecular weight is 493 g/mol. The lowest BCUT2D eigenvalue weighted by molar-refractivity contribution is -0.140. The number of rotatable bonds is 7. The number of amidine groups is 1. The number of nitrogen functional groups attached to an aromatic ring is 1. The Hall–Kier alpha value is -3.68. The Kier molecular flexibility index (Phi) is 8.04. The van der Waals surface area contributed by atoms with E-state index in [2.05, 4.69) is 0 Å². The molecule has 174 valence electrons. The third kappa shape index (κ3) is 5.27. The number of carbonyl (C=O) groups is 1. The lowest BCUT2D eigenvalue weighted by Crippen LogP contribution is -2.10. The number of hydrogen-bond acceptors (Lipinski definition) is 4. The van der Waals surface area contributed by atoms with Gasteiger partial charge >= 0.3 is 5.97 Å². The summed E-state index contributed by atoms with van der Waals surface area (Å²) in [5.74, 6) is -0.187. The minimum Gasteiger partial charge on any atom is -0.469 e. The van der Waals surface area contributed by atoms with Crippen LogP contribution >= 0.6 is 24.6 Å². The van der Waals surface area contributed by atoms with Gasteiger partial charge in [-0.3, -0.25) is 19.3 Å². The van der Waals surface area contributed by atoms with Crippen LogP contribution in [0, 0.1) is 10.2 Å². The van der Waals surface area contributed by atoms with Crippen LogP contribution < -0.4 is 5.73 Å². The van der Waals surface area contributed by atoms with Gasteiger partial charge in [-0.15, -0.1) is 12.4 Å². The van der Waals surface area contributed by atoms with Crippen LogP contribution in [0.5, 0.6) is 0 Å². The molecule has 0 bridgehead atoms. The quantitative estimate of drug-likeness (QED) is 0.155. The smallest absolute Gasteiger partial charge is 0.305 e. The summed E-state index contributed by atoms with van der Waals surface area (Å²) in [6.45, 7) is 0. The predicted molar refractivity (Wildman–Crippen MR) is 140 cm³/mol. The number of hydrogen-bond donors (Lipinski definition) is 2. The van der Waals surface area contributed by atoms with Crippen LogP contribution in [0.4, 0.5) is 0 Å². The van der Waals surface area contributed by atoms with Crippen LogP contribution in [0.25, 0.3) is 22.6 Å². The molecule has 8 heteroatoms. The van der Waals surface area contributed by atoms with Crippen molar-refractivity contribution in [2.45, 2.75) is 12.8 Å². The summed E-state index contributed by atoms with van der Waals surface area (Å²) in [5, 5.41) is 7.65. The van der Waals surface area contributed by atoms with Gasteiger partial charge in [0.25, 0.3) is 0 Å². The van der Waals surface area contributed by atoms with E-state index in [9.17, 15) is 4.79 Å². The molecule has 3 N–H and O–H groups in total. The van der Waals surface area contributed by atoms with Crippen LogP contribution in [-0.4, -0.2) is 28.0 Å². The summed E-state index contributed by atoms with van der Waals surface area (Å²) in [6, 6.07) is 25.5. The molecule has 3 aromatic carbocycles. The molecule has 6 nitrogen and oxygen atoms in total. The molecule has 0 fully saturated rings. The zero-order valence-corrected chi connectivity index (χ0v) is 20.2. The van der Waals surface area contributed by atoms with E-state index in [1.165, 1.54) is 7.11 Å². The van der Waals surface area contributed by atoms with Crippen molar-refractivity contribution in [1.82, 2.24) is 9.13 Å². The molecule has 4 rings (SSSR count). The third-order valence-electron chi connectivity index (χ3n) is 5.46. The molecule has 0 spiro atoms. The van der Waals surface area contributed by atoms with Crippen molar-refractivity contribution in [3.05, 3.63) is 101 Å². The fourth-order valence-electron chi connectivity index (χ4n) is 3.65. The summed E-state index contributed by atoms with van der Waals surface area (Å²) in [5.41, 5.74) is 11.1. The van der Waals surface area contributed by atoms with Crippen LogP contribution in [-0.2, 0) is 16.0 Å². The predicted octanol–water partition coefficient (Wildman–Crippen LogP) is 5.48. The monoisotopic (exact) mass is 492 g/mol. The van der Waals surface area contributed by atoms with E-state index in [0.717, 1.165) is 28.2 Å². The fourth-order valence-corrected chi connectivity index (χ4v) is 4.02. The second kappa shape index (κ2) is 11.0. The number of para-hydroxylation sites is 1. The van der Waals surface area contributed by atoms with Gasteiger partial charge in [0.2, 0.25) is 0 Å². The van der Waals surface area contributed by atoms with Crippen molar-refractivity contribution in [3.63, 3.8) is 0 Å². The van der Waals surface area contributed by atoms with E-state index < -0.39 is 0 Å². The van der Waals surface area contributed by atoms with Gasteiger partial charge in [0, 0.05) is 35.1 Å². The lowest BCUT2D eigenvalue weighted by Gasteiger charge is -2.09. The number of esters is 1. The molecule has 34 heavy (non-hydrogen) atoms.